The molecule has 1 rings (SSSR count). The molecule has 0 radical (unpaired) electrons. The number of amides is 2. The zero-order chi connectivity index (χ0) is 9.14. The standard InChI is InChI=1S/C6H10N2O4/c9-3-4-1-8(6(11)12)2-5(10)7-4/h4,9H,1-3H2,(H,7,10)(H,11,12)/t4-/m1/s1. The van der Waals surface area contributed by atoms with E-state index in [1.165, 1.54) is 0 Å². The van der Waals surface area contributed by atoms with Crippen molar-refractivity contribution < 1.29 is 19.8 Å². The molecule has 1 fully saturated rings. The highest BCUT2D eigenvalue weighted by Crippen LogP contribution is 1.99. The molecule has 12 heavy (non-hydrogen) atoms. The van der Waals surface area contributed by atoms with Crippen molar-refractivity contribution in [2.45, 2.75) is 6.04 Å². The first-order valence-corrected chi connectivity index (χ1v) is 3.51. The Labute approximate surface area is 68.8 Å². The number of nitrogens with zero attached hydrogens (tertiary/aromatic N) is 1. The summed E-state index contributed by atoms with van der Waals surface area (Å²) in [6, 6.07) is -0.470. The van der Waals surface area contributed by atoms with Gasteiger partial charge in [0.05, 0.1) is 12.6 Å². The van der Waals surface area contributed by atoms with Gasteiger partial charge in [0.1, 0.15) is 6.54 Å². The molecular formula is C6H10N2O4. The van der Waals surface area contributed by atoms with Crippen LogP contribution in [0.4, 0.5) is 4.79 Å². The van der Waals surface area contributed by atoms with E-state index in [2.05, 4.69) is 5.32 Å². The third-order valence-corrected chi connectivity index (χ3v) is 1.63. The summed E-state index contributed by atoms with van der Waals surface area (Å²) >= 11 is 0. The Bertz CT molecular complexity index is 206. The molecule has 0 unspecified atom stereocenters. The van der Waals surface area contributed by atoms with Crippen LogP contribution in [0, 0.1) is 0 Å². The molecule has 0 aromatic heterocycles. The molecule has 0 bridgehead atoms. The SMILES string of the molecule is O=C1CN(C(=O)O)C[C@H](CO)N1. The Balaban J connectivity index is 2.56. The third-order valence-electron chi connectivity index (χ3n) is 1.63. The molecule has 1 aliphatic rings. The molecule has 0 aromatic carbocycles. The van der Waals surface area contributed by atoms with Gasteiger partial charge in [-0.2, -0.15) is 0 Å². The van der Waals surface area contributed by atoms with Crippen LogP contribution in [-0.2, 0) is 4.79 Å². The van der Waals surface area contributed by atoms with Crippen LogP contribution in [0.2, 0.25) is 0 Å². The number of hydrogen-bond acceptors (Lipinski definition) is 3. The summed E-state index contributed by atoms with van der Waals surface area (Å²) in [4.78, 5) is 22.2. The van der Waals surface area contributed by atoms with Gasteiger partial charge in [-0.1, -0.05) is 0 Å². The van der Waals surface area contributed by atoms with Gasteiger partial charge in [0.25, 0.3) is 0 Å². The average molecular weight is 174 g/mol. The normalized spacial score (nSPS) is 23.6. The first kappa shape index (κ1) is 8.79. The first-order valence-electron chi connectivity index (χ1n) is 3.51. The summed E-state index contributed by atoms with van der Waals surface area (Å²) in [7, 11) is 0. The van der Waals surface area contributed by atoms with Crippen LogP contribution in [0.15, 0.2) is 0 Å². The van der Waals surface area contributed by atoms with Gasteiger partial charge in [0.15, 0.2) is 0 Å². The minimum Gasteiger partial charge on any atom is -0.465 e. The summed E-state index contributed by atoms with van der Waals surface area (Å²) in [5, 5.41) is 19.7. The number of aliphatic hydroxyl groups is 1. The average Bonchev–Trinajstić information content (AvgIpc) is 2.03. The predicted molar refractivity (Wildman–Crippen MR) is 38.6 cm³/mol. The monoisotopic (exact) mass is 174 g/mol. The fourth-order valence-electron chi connectivity index (χ4n) is 1.07. The summed E-state index contributed by atoms with van der Waals surface area (Å²) in [5.74, 6) is -0.372. The van der Waals surface area contributed by atoms with E-state index in [-0.39, 0.29) is 25.6 Å². The Morgan fingerprint density at radius 2 is 2.42 bits per heavy atom. The number of carboxylic acid groups (broad SMARTS) is 1. The van der Waals surface area contributed by atoms with E-state index in [1.54, 1.807) is 0 Å². The van der Waals surface area contributed by atoms with Crippen LogP contribution in [0.5, 0.6) is 0 Å². The van der Waals surface area contributed by atoms with E-state index in [0.29, 0.717) is 0 Å². The van der Waals surface area contributed by atoms with Gasteiger partial charge in [-0.05, 0) is 0 Å². The molecule has 0 saturated carbocycles. The summed E-state index contributed by atoms with van der Waals surface area (Å²) < 4.78 is 0. The maximum absolute atomic E-state index is 10.8. The Morgan fingerprint density at radius 3 is 2.92 bits per heavy atom. The van der Waals surface area contributed by atoms with Gasteiger partial charge in [-0.15, -0.1) is 0 Å². The highest BCUT2D eigenvalue weighted by molar-refractivity contribution is 5.83. The molecule has 1 atom stereocenters. The molecule has 0 aliphatic carbocycles. The second-order valence-electron chi connectivity index (χ2n) is 2.61. The molecule has 6 nitrogen and oxygen atoms in total. The van der Waals surface area contributed by atoms with E-state index >= 15 is 0 Å². The van der Waals surface area contributed by atoms with Crippen LogP contribution in [0.25, 0.3) is 0 Å². The van der Waals surface area contributed by atoms with Gasteiger partial charge >= 0.3 is 6.09 Å². The van der Waals surface area contributed by atoms with Crippen LogP contribution in [-0.4, -0.2) is 52.9 Å². The lowest BCUT2D eigenvalue weighted by molar-refractivity contribution is -0.125. The number of rotatable bonds is 1. The van der Waals surface area contributed by atoms with Crippen molar-refractivity contribution in [2.24, 2.45) is 0 Å². The van der Waals surface area contributed by atoms with Crippen LogP contribution in [0.1, 0.15) is 0 Å². The number of piperazine rings is 1. The third kappa shape index (κ3) is 1.85. The molecule has 0 aromatic rings. The van der Waals surface area contributed by atoms with Gasteiger partial charge < -0.3 is 15.5 Å². The smallest absolute Gasteiger partial charge is 0.407 e. The van der Waals surface area contributed by atoms with E-state index < -0.39 is 12.1 Å². The zero-order valence-electron chi connectivity index (χ0n) is 6.36. The lowest BCUT2D eigenvalue weighted by Crippen LogP contribution is -2.56. The molecular weight excluding hydrogens is 164 g/mol. The van der Waals surface area contributed by atoms with E-state index in [0.717, 1.165) is 4.90 Å². The lowest BCUT2D eigenvalue weighted by Gasteiger charge is -2.29. The van der Waals surface area contributed by atoms with E-state index in [4.69, 9.17) is 10.2 Å². The minimum atomic E-state index is -1.14. The molecule has 1 aliphatic heterocycles. The molecule has 2 amide bonds. The van der Waals surface area contributed by atoms with Crippen LogP contribution >= 0.6 is 0 Å². The molecule has 68 valence electrons. The van der Waals surface area contributed by atoms with Crippen molar-refractivity contribution in [3.8, 4) is 0 Å². The quantitative estimate of drug-likeness (QED) is 0.449. The van der Waals surface area contributed by atoms with Crippen molar-refractivity contribution in [3.63, 3.8) is 0 Å². The zero-order valence-corrected chi connectivity index (χ0v) is 6.36. The molecule has 6 heteroatoms. The highest BCUT2D eigenvalue weighted by Gasteiger charge is 2.26. The lowest BCUT2D eigenvalue weighted by atomic mass is 10.2. The number of carbonyl (C=O) groups is 2. The van der Waals surface area contributed by atoms with Gasteiger partial charge in [0, 0.05) is 6.54 Å². The molecule has 1 heterocycles. The van der Waals surface area contributed by atoms with E-state index in [1.807, 2.05) is 0 Å². The van der Waals surface area contributed by atoms with Crippen molar-refractivity contribution in [2.75, 3.05) is 19.7 Å². The maximum atomic E-state index is 10.8. The highest BCUT2D eigenvalue weighted by atomic mass is 16.4. The number of aliphatic hydroxyl groups excluding tert-OH is 1. The summed E-state index contributed by atoms with van der Waals surface area (Å²) in [5.41, 5.74) is 0. The van der Waals surface area contributed by atoms with Crippen molar-refractivity contribution >= 4 is 12.0 Å². The first-order chi connectivity index (χ1) is 5.63. The van der Waals surface area contributed by atoms with Gasteiger partial charge in [-0.25, -0.2) is 4.79 Å². The molecule has 0 spiro atoms. The number of hydrogen-bond donors (Lipinski definition) is 3. The Hall–Kier alpha value is -1.30. The molecule has 3 N–H and O–H groups in total. The van der Waals surface area contributed by atoms with E-state index in [9.17, 15) is 9.59 Å². The van der Waals surface area contributed by atoms with Crippen molar-refractivity contribution in [1.82, 2.24) is 10.2 Å². The minimum absolute atomic E-state index is 0.147. The molecule has 1 saturated heterocycles. The maximum Gasteiger partial charge on any atom is 0.407 e. The van der Waals surface area contributed by atoms with Crippen molar-refractivity contribution in [1.29, 1.82) is 0 Å². The summed E-state index contributed by atoms with van der Waals surface area (Å²) in [6.45, 7) is -0.237. The van der Waals surface area contributed by atoms with Gasteiger partial charge in [-0.3, -0.25) is 9.69 Å². The largest absolute Gasteiger partial charge is 0.465 e. The fourth-order valence-corrected chi connectivity index (χ4v) is 1.07. The fraction of sp³-hybridized carbons (Fsp3) is 0.667. The summed E-state index contributed by atoms with van der Waals surface area (Å²) in [6.07, 6.45) is -1.14. The van der Waals surface area contributed by atoms with Crippen LogP contribution in [0.3, 0.4) is 0 Å². The number of carbonyl (C=O) groups excluding carboxylic acids is 1. The van der Waals surface area contributed by atoms with Crippen molar-refractivity contribution in [3.05, 3.63) is 0 Å². The number of nitrogens with one attached hydrogen (secondary N) is 1. The Kier molecular flexibility index (Phi) is 2.49. The topological polar surface area (TPSA) is 89.9 Å². The second-order valence-corrected chi connectivity index (χ2v) is 2.61. The van der Waals surface area contributed by atoms with Gasteiger partial charge in [0.2, 0.25) is 5.91 Å². The second kappa shape index (κ2) is 3.40. The predicted octanol–water partition coefficient (Wildman–Crippen LogP) is -1.54. The Morgan fingerprint density at radius 1 is 1.75 bits per heavy atom. The van der Waals surface area contributed by atoms with Crippen LogP contribution < -0.4 is 5.32 Å².